The van der Waals surface area contributed by atoms with Crippen molar-refractivity contribution in [3.05, 3.63) is 131 Å². The van der Waals surface area contributed by atoms with Gasteiger partial charge in [-0.15, -0.1) is 0 Å². The highest BCUT2D eigenvalue weighted by molar-refractivity contribution is 6.09. The van der Waals surface area contributed by atoms with Gasteiger partial charge in [-0.1, -0.05) is 77.9 Å². The zero-order valence-electron chi connectivity index (χ0n) is 30.2. The van der Waals surface area contributed by atoms with Gasteiger partial charge in [0.05, 0.1) is 22.4 Å². The number of hydrogen-bond acceptors (Lipinski definition) is 3. The number of fused-ring (bicyclic) bond motifs is 3. The monoisotopic (exact) mass is 646 g/mol. The minimum absolute atomic E-state index is 0.0927. The van der Waals surface area contributed by atoms with Gasteiger partial charge in [0.1, 0.15) is 17.3 Å². The average molecular weight is 647 g/mol. The zero-order valence-corrected chi connectivity index (χ0v) is 30.2. The maximum atomic E-state index is 6.78. The molecule has 0 saturated heterocycles. The van der Waals surface area contributed by atoms with Gasteiger partial charge in [0.25, 0.3) is 0 Å². The molecule has 0 saturated carbocycles. The molecule has 0 fully saturated rings. The van der Waals surface area contributed by atoms with E-state index >= 15 is 0 Å². The van der Waals surface area contributed by atoms with Crippen LogP contribution in [0.2, 0.25) is 0 Å². The van der Waals surface area contributed by atoms with E-state index in [9.17, 15) is 0 Å². The summed E-state index contributed by atoms with van der Waals surface area (Å²) in [6, 6.07) is 34.5. The lowest BCUT2D eigenvalue weighted by molar-refractivity contribution is 0.478. The van der Waals surface area contributed by atoms with Crippen LogP contribution in [0.5, 0.6) is 11.5 Å². The number of ether oxygens (including phenoxy) is 1. The van der Waals surface area contributed by atoms with Gasteiger partial charge in [0, 0.05) is 40.4 Å². The quantitative estimate of drug-likeness (QED) is 0.173. The van der Waals surface area contributed by atoms with Crippen LogP contribution in [0.4, 0.5) is 0 Å². The van der Waals surface area contributed by atoms with E-state index in [-0.39, 0.29) is 5.41 Å². The van der Waals surface area contributed by atoms with Crippen LogP contribution in [0.15, 0.2) is 103 Å². The third kappa shape index (κ3) is 6.03. The van der Waals surface area contributed by atoms with Crippen LogP contribution in [-0.4, -0.2) is 19.3 Å². The Morgan fingerprint density at radius 3 is 2.20 bits per heavy atom. The van der Waals surface area contributed by atoms with Crippen LogP contribution in [0.25, 0.3) is 44.4 Å². The van der Waals surface area contributed by atoms with Gasteiger partial charge in [0.15, 0.2) is 0 Å². The minimum Gasteiger partial charge on any atom is -0.457 e. The smallest absolute Gasteiger partial charge is 0.137 e. The predicted molar refractivity (Wildman–Crippen MR) is 204 cm³/mol. The van der Waals surface area contributed by atoms with Gasteiger partial charge in [-0.2, -0.15) is 5.10 Å². The first kappa shape index (κ1) is 32.4. The molecule has 0 aliphatic carbocycles. The van der Waals surface area contributed by atoms with Crippen LogP contribution in [0.1, 0.15) is 75.5 Å². The molecule has 49 heavy (non-hydrogen) atoms. The summed E-state index contributed by atoms with van der Waals surface area (Å²) in [5.74, 6) is 3.46. The molecule has 0 radical (unpaired) electrons. The molecule has 3 heterocycles. The second-order valence-electron chi connectivity index (χ2n) is 14.9. The number of pyridine rings is 1. The molecule has 5 heteroatoms. The van der Waals surface area contributed by atoms with Crippen LogP contribution in [-0.2, 0) is 5.41 Å². The van der Waals surface area contributed by atoms with E-state index in [4.69, 9.17) is 14.8 Å². The molecule has 1 atom stereocenters. The minimum atomic E-state index is -0.0927. The normalized spacial score (nSPS) is 12.7. The summed E-state index contributed by atoms with van der Waals surface area (Å²) in [5.41, 5.74) is 11.2. The average Bonchev–Trinajstić information content (AvgIpc) is 3.56. The van der Waals surface area contributed by atoms with E-state index in [1.54, 1.807) is 0 Å². The number of hydrogen-bond donors (Lipinski definition) is 0. The Morgan fingerprint density at radius 1 is 0.714 bits per heavy atom. The highest BCUT2D eigenvalue weighted by atomic mass is 16.5. The molecule has 0 N–H and O–H groups in total. The molecule has 4 aromatic carbocycles. The molecular weight excluding hydrogens is 601 g/mol. The summed E-state index contributed by atoms with van der Waals surface area (Å²) < 4.78 is 11.1. The molecule has 0 amide bonds. The standard InChI is InChI=1S/C44H46N4O/c1-27(2)29(4)33-15-18-40-39(22-33)38-17-16-36(26-41(38)47(40)42-21-28(3)19-20-45-42)49-37-24-34(44(7,8)9)23-35(25-37)48-31(6)43(30(5)46-48)32-13-11-10-12-14-32/h10-27,29H,1-9H3. The maximum absolute atomic E-state index is 6.78. The van der Waals surface area contributed by atoms with Crippen LogP contribution in [0.3, 0.4) is 0 Å². The zero-order chi connectivity index (χ0) is 34.6. The Labute approximate surface area is 290 Å². The number of nitrogens with zero attached hydrogens (tertiary/aromatic N) is 4. The molecule has 0 spiro atoms. The first-order valence-electron chi connectivity index (χ1n) is 17.4. The molecule has 0 aliphatic heterocycles. The van der Waals surface area contributed by atoms with E-state index in [1.807, 2.05) is 18.3 Å². The topological polar surface area (TPSA) is 44.9 Å². The maximum Gasteiger partial charge on any atom is 0.137 e. The Morgan fingerprint density at radius 2 is 1.49 bits per heavy atom. The highest BCUT2D eigenvalue weighted by Gasteiger charge is 2.21. The lowest BCUT2D eigenvalue weighted by Crippen LogP contribution is -2.12. The van der Waals surface area contributed by atoms with Crippen LogP contribution >= 0.6 is 0 Å². The largest absolute Gasteiger partial charge is 0.457 e. The molecular formula is C44H46N4O. The summed E-state index contributed by atoms with van der Waals surface area (Å²) >= 11 is 0. The fourth-order valence-electron chi connectivity index (χ4n) is 6.89. The van der Waals surface area contributed by atoms with E-state index < -0.39 is 0 Å². The van der Waals surface area contributed by atoms with Crippen molar-refractivity contribution in [2.24, 2.45) is 5.92 Å². The fraction of sp³-hybridized carbons (Fsp3) is 0.273. The molecule has 7 aromatic rings. The molecule has 5 nitrogen and oxygen atoms in total. The molecule has 0 bridgehead atoms. The van der Waals surface area contributed by atoms with Crippen molar-refractivity contribution in [1.29, 1.82) is 0 Å². The predicted octanol–water partition coefficient (Wildman–Crippen LogP) is 11.8. The summed E-state index contributed by atoms with van der Waals surface area (Å²) in [5, 5.41) is 7.44. The van der Waals surface area contributed by atoms with Crippen molar-refractivity contribution in [2.75, 3.05) is 0 Å². The van der Waals surface area contributed by atoms with E-state index in [0.717, 1.165) is 45.4 Å². The van der Waals surface area contributed by atoms with E-state index in [1.165, 1.54) is 38.6 Å². The van der Waals surface area contributed by atoms with Crippen molar-refractivity contribution in [3.63, 3.8) is 0 Å². The lowest BCUT2D eigenvalue weighted by atomic mass is 9.86. The molecule has 7 rings (SSSR count). The second kappa shape index (κ2) is 12.4. The van der Waals surface area contributed by atoms with E-state index in [2.05, 4.69) is 156 Å². The summed E-state index contributed by atoms with van der Waals surface area (Å²) in [6.45, 7) is 19.9. The van der Waals surface area contributed by atoms with E-state index in [0.29, 0.717) is 11.8 Å². The van der Waals surface area contributed by atoms with Gasteiger partial charge in [-0.25, -0.2) is 9.67 Å². The number of rotatable bonds is 7. The van der Waals surface area contributed by atoms with Crippen molar-refractivity contribution < 1.29 is 4.74 Å². The SMILES string of the molecule is Cc1ccnc(-n2c3ccc(C(C)C(C)C)cc3c3ccc(Oc4cc(-n5nc(C)c(-c6ccccc6)c5C)cc(C(C)(C)C)c4)cc32)c1. The van der Waals surface area contributed by atoms with Gasteiger partial charge in [0.2, 0.25) is 0 Å². The van der Waals surface area contributed by atoms with Gasteiger partial charge in [-0.3, -0.25) is 4.57 Å². The van der Waals surface area contributed by atoms with Gasteiger partial charge in [-0.05, 0) is 109 Å². The third-order valence-electron chi connectivity index (χ3n) is 10.0. The van der Waals surface area contributed by atoms with Gasteiger partial charge < -0.3 is 4.74 Å². The van der Waals surface area contributed by atoms with Crippen molar-refractivity contribution in [1.82, 2.24) is 19.3 Å². The first-order chi connectivity index (χ1) is 23.4. The van der Waals surface area contributed by atoms with Crippen molar-refractivity contribution in [3.8, 4) is 34.1 Å². The van der Waals surface area contributed by atoms with Crippen LogP contribution < -0.4 is 4.74 Å². The number of aryl methyl sites for hydroxylation is 2. The van der Waals surface area contributed by atoms with Crippen LogP contribution in [0, 0.1) is 26.7 Å². The lowest BCUT2D eigenvalue weighted by Gasteiger charge is -2.22. The highest BCUT2D eigenvalue weighted by Crippen LogP contribution is 2.39. The fourth-order valence-corrected chi connectivity index (χ4v) is 6.89. The summed E-state index contributed by atoms with van der Waals surface area (Å²) in [4.78, 5) is 4.82. The molecule has 248 valence electrons. The van der Waals surface area contributed by atoms with Crippen molar-refractivity contribution >= 4 is 21.8 Å². The number of benzene rings is 4. The number of aromatic nitrogens is 4. The molecule has 3 aromatic heterocycles. The Bertz CT molecular complexity index is 2320. The Hall–Kier alpha value is -5.16. The van der Waals surface area contributed by atoms with Gasteiger partial charge >= 0.3 is 0 Å². The van der Waals surface area contributed by atoms with Crippen molar-refractivity contribution in [2.45, 2.75) is 73.6 Å². The molecule has 0 aliphatic rings. The second-order valence-corrected chi connectivity index (χ2v) is 14.9. The molecule has 1 unspecified atom stereocenters. The Kier molecular flexibility index (Phi) is 8.18. The third-order valence-corrected chi connectivity index (χ3v) is 10.0. The Balaban J connectivity index is 1.36. The summed E-state index contributed by atoms with van der Waals surface area (Å²) in [6.07, 6.45) is 1.89. The first-order valence-corrected chi connectivity index (χ1v) is 17.4. The summed E-state index contributed by atoms with van der Waals surface area (Å²) in [7, 11) is 0.